The average Bonchev–Trinajstić information content (AvgIpc) is 3.09. The van der Waals surface area contributed by atoms with Crippen LogP contribution in [0.2, 0.25) is 0 Å². The first-order valence-electron chi connectivity index (χ1n) is 8.12. The third-order valence-corrected chi connectivity index (χ3v) is 6.47. The molecule has 0 radical (unpaired) electrons. The standard InChI is InChI=1S/C17H26N2O2S2/c1-11(2)15(20)18(12(3)4)8-9-19-16(21)13(5)23-17(19)14-7-6-10-22-14/h6-7,10-13,17H,8-9H2,1-5H3/t13-,17+/m1/s1. The van der Waals surface area contributed by atoms with Crippen LogP contribution in [0.1, 0.15) is 44.9 Å². The maximum Gasteiger partial charge on any atom is 0.236 e. The van der Waals surface area contributed by atoms with E-state index in [2.05, 4.69) is 6.07 Å². The van der Waals surface area contributed by atoms with Gasteiger partial charge in [0.05, 0.1) is 5.25 Å². The van der Waals surface area contributed by atoms with Crippen molar-refractivity contribution < 1.29 is 9.59 Å². The lowest BCUT2D eigenvalue weighted by Gasteiger charge is -2.32. The van der Waals surface area contributed by atoms with Crippen molar-refractivity contribution in [3.05, 3.63) is 22.4 Å². The number of hydrogen-bond acceptors (Lipinski definition) is 4. The molecule has 2 rings (SSSR count). The second-order valence-electron chi connectivity index (χ2n) is 6.46. The molecule has 2 amide bonds. The summed E-state index contributed by atoms with van der Waals surface area (Å²) < 4.78 is 0. The topological polar surface area (TPSA) is 40.6 Å². The molecule has 0 N–H and O–H groups in total. The van der Waals surface area contributed by atoms with E-state index in [1.54, 1.807) is 23.1 Å². The van der Waals surface area contributed by atoms with Gasteiger partial charge in [-0.3, -0.25) is 9.59 Å². The third-order valence-electron chi connectivity index (χ3n) is 4.02. The lowest BCUT2D eigenvalue weighted by molar-refractivity contribution is -0.138. The van der Waals surface area contributed by atoms with Crippen molar-refractivity contribution in [2.75, 3.05) is 13.1 Å². The summed E-state index contributed by atoms with van der Waals surface area (Å²) in [5.74, 6) is 0.308. The summed E-state index contributed by atoms with van der Waals surface area (Å²) in [7, 11) is 0. The Balaban J connectivity index is 2.09. The highest BCUT2D eigenvalue weighted by molar-refractivity contribution is 8.01. The van der Waals surface area contributed by atoms with Crippen LogP contribution in [0.15, 0.2) is 17.5 Å². The molecule has 2 heterocycles. The van der Waals surface area contributed by atoms with Crippen LogP contribution in [0.3, 0.4) is 0 Å². The number of thioether (sulfide) groups is 1. The number of thiophene rings is 1. The predicted octanol–water partition coefficient (Wildman–Crippen LogP) is 3.60. The second-order valence-corrected chi connectivity index (χ2v) is 8.86. The van der Waals surface area contributed by atoms with Crippen molar-refractivity contribution in [1.29, 1.82) is 0 Å². The van der Waals surface area contributed by atoms with Crippen LogP contribution in [0.25, 0.3) is 0 Å². The van der Waals surface area contributed by atoms with Gasteiger partial charge in [-0.15, -0.1) is 23.1 Å². The van der Waals surface area contributed by atoms with E-state index in [1.807, 2.05) is 55.9 Å². The highest BCUT2D eigenvalue weighted by Gasteiger charge is 2.39. The largest absolute Gasteiger partial charge is 0.338 e. The maximum absolute atomic E-state index is 12.5. The van der Waals surface area contributed by atoms with Crippen LogP contribution < -0.4 is 0 Å². The molecule has 4 nitrogen and oxygen atoms in total. The zero-order valence-electron chi connectivity index (χ0n) is 14.5. The normalized spacial score (nSPS) is 21.5. The Morgan fingerprint density at radius 2 is 2.04 bits per heavy atom. The van der Waals surface area contributed by atoms with Gasteiger partial charge < -0.3 is 9.80 Å². The van der Waals surface area contributed by atoms with E-state index in [0.717, 1.165) is 0 Å². The summed E-state index contributed by atoms with van der Waals surface area (Å²) in [6.45, 7) is 11.1. The van der Waals surface area contributed by atoms with E-state index < -0.39 is 0 Å². The highest BCUT2D eigenvalue weighted by Crippen LogP contribution is 2.44. The highest BCUT2D eigenvalue weighted by atomic mass is 32.2. The number of nitrogens with zero attached hydrogens (tertiary/aromatic N) is 2. The molecule has 0 spiro atoms. The summed E-state index contributed by atoms with van der Waals surface area (Å²) in [4.78, 5) is 29.9. The Kier molecular flexibility index (Phi) is 6.14. The Morgan fingerprint density at radius 1 is 1.35 bits per heavy atom. The van der Waals surface area contributed by atoms with Crippen molar-refractivity contribution in [3.63, 3.8) is 0 Å². The Morgan fingerprint density at radius 3 is 2.57 bits per heavy atom. The number of amides is 2. The van der Waals surface area contributed by atoms with Gasteiger partial charge >= 0.3 is 0 Å². The molecule has 6 heteroatoms. The molecular formula is C17H26N2O2S2. The van der Waals surface area contributed by atoms with E-state index >= 15 is 0 Å². The van der Waals surface area contributed by atoms with Crippen LogP contribution in [0, 0.1) is 5.92 Å². The summed E-state index contributed by atoms with van der Waals surface area (Å²) >= 11 is 3.38. The molecule has 23 heavy (non-hydrogen) atoms. The number of hydrogen-bond donors (Lipinski definition) is 0. The molecule has 0 unspecified atom stereocenters. The minimum absolute atomic E-state index is 0.0181. The number of carbonyl (C=O) groups is 2. The first-order valence-corrected chi connectivity index (χ1v) is 9.95. The van der Waals surface area contributed by atoms with Gasteiger partial charge in [0.25, 0.3) is 0 Å². The van der Waals surface area contributed by atoms with Gasteiger partial charge in [0, 0.05) is 29.9 Å². The molecule has 0 aromatic carbocycles. The molecule has 128 valence electrons. The zero-order chi connectivity index (χ0) is 17.1. The molecule has 0 bridgehead atoms. The van der Waals surface area contributed by atoms with Crippen LogP contribution in [0.5, 0.6) is 0 Å². The molecule has 1 aliphatic heterocycles. The van der Waals surface area contributed by atoms with Gasteiger partial charge in [0.2, 0.25) is 11.8 Å². The number of carbonyl (C=O) groups excluding carboxylic acids is 2. The third kappa shape index (κ3) is 4.10. The first kappa shape index (κ1) is 18.3. The smallest absolute Gasteiger partial charge is 0.236 e. The second kappa shape index (κ2) is 7.71. The molecule has 1 aliphatic rings. The van der Waals surface area contributed by atoms with Gasteiger partial charge in [0.15, 0.2) is 0 Å². The summed E-state index contributed by atoms with van der Waals surface area (Å²) in [6.07, 6.45) is 0. The summed E-state index contributed by atoms with van der Waals surface area (Å²) in [5, 5.41) is 2.11. The van der Waals surface area contributed by atoms with Gasteiger partial charge in [-0.05, 0) is 32.2 Å². The minimum Gasteiger partial charge on any atom is -0.338 e. The van der Waals surface area contributed by atoms with Gasteiger partial charge in [-0.25, -0.2) is 0 Å². The molecule has 1 aromatic heterocycles. The SMILES string of the molecule is CC(C)C(=O)N(CCN1C(=O)[C@@H](C)S[C@H]1c1cccs1)C(C)C. The fourth-order valence-electron chi connectivity index (χ4n) is 2.72. The van der Waals surface area contributed by atoms with Crippen molar-refractivity contribution in [3.8, 4) is 0 Å². The first-order chi connectivity index (χ1) is 10.8. The van der Waals surface area contributed by atoms with Crippen molar-refractivity contribution in [2.45, 2.75) is 51.3 Å². The maximum atomic E-state index is 12.5. The zero-order valence-corrected chi connectivity index (χ0v) is 16.1. The Labute approximate surface area is 147 Å². The Bertz CT molecular complexity index is 543. The molecule has 1 saturated heterocycles. The van der Waals surface area contributed by atoms with Gasteiger partial charge in [-0.2, -0.15) is 0 Å². The van der Waals surface area contributed by atoms with Crippen molar-refractivity contribution >= 4 is 34.9 Å². The minimum atomic E-state index is -0.0203. The molecular weight excluding hydrogens is 328 g/mol. The van der Waals surface area contributed by atoms with Gasteiger partial charge in [0.1, 0.15) is 5.37 Å². The van der Waals surface area contributed by atoms with E-state index in [9.17, 15) is 9.59 Å². The van der Waals surface area contributed by atoms with Crippen LogP contribution >= 0.6 is 23.1 Å². The predicted molar refractivity (Wildman–Crippen MR) is 97.5 cm³/mol. The van der Waals surface area contributed by atoms with Crippen molar-refractivity contribution in [1.82, 2.24) is 9.80 Å². The van der Waals surface area contributed by atoms with Gasteiger partial charge in [-0.1, -0.05) is 19.9 Å². The van der Waals surface area contributed by atoms with E-state index in [0.29, 0.717) is 13.1 Å². The van der Waals surface area contributed by atoms with Crippen LogP contribution in [-0.2, 0) is 9.59 Å². The van der Waals surface area contributed by atoms with E-state index in [4.69, 9.17) is 0 Å². The fraction of sp³-hybridized carbons (Fsp3) is 0.647. The molecule has 1 fully saturated rings. The van der Waals surface area contributed by atoms with Crippen LogP contribution in [0.4, 0.5) is 0 Å². The quantitative estimate of drug-likeness (QED) is 0.784. The van der Waals surface area contributed by atoms with Crippen molar-refractivity contribution in [2.24, 2.45) is 5.92 Å². The fourth-order valence-corrected chi connectivity index (χ4v) is 4.98. The molecule has 2 atom stereocenters. The molecule has 0 aliphatic carbocycles. The molecule has 0 saturated carbocycles. The molecule has 1 aromatic rings. The lowest BCUT2D eigenvalue weighted by atomic mass is 10.1. The number of rotatable bonds is 6. The summed E-state index contributed by atoms with van der Waals surface area (Å²) in [6, 6.07) is 4.25. The monoisotopic (exact) mass is 354 g/mol. The van der Waals surface area contributed by atoms with E-state index in [1.165, 1.54) is 4.88 Å². The summed E-state index contributed by atoms with van der Waals surface area (Å²) in [5.41, 5.74) is 0. The van der Waals surface area contributed by atoms with E-state index in [-0.39, 0.29) is 34.4 Å². The van der Waals surface area contributed by atoms with Crippen LogP contribution in [-0.4, -0.2) is 46.0 Å². The average molecular weight is 355 g/mol. The Hall–Kier alpha value is -1.01. The lowest BCUT2D eigenvalue weighted by Crippen LogP contribution is -2.45.